The second kappa shape index (κ2) is 16.8. The fraction of sp³-hybridized carbons (Fsp3) is 0.652. The third-order valence-electron chi connectivity index (χ3n) is 13.7. The molecule has 0 radical (unpaired) electrons. The Hall–Kier alpha value is -4.03. The first kappa shape index (κ1) is 46.0. The van der Waals surface area contributed by atoms with Crippen LogP contribution in [0.4, 0.5) is 9.18 Å². The molecule has 12 atom stereocenters. The fourth-order valence-corrected chi connectivity index (χ4v) is 10.8. The van der Waals surface area contributed by atoms with Crippen molar-refractivity contribution in [2.45, 2.75) is 147 Å². The number of ether oxygens (including phenoxy) is 7. The number of halogens is 1. The summed E-state index contributed by atoms with van der Waals surface area (Å²) in [6, 6.07) is 10.2. The maximum Gasteiger partial charge on any atom is 0.408 e. The van der Waals surface area contributed by atoms with E-state index in [9.17, 15) is 24.6 Å². The van der Waals surface area contributed by atoms with Gasteiger partial charge in [-0.15, -0.1) is 0 Å². The van der Waals surface area contributed by atoms with E-state index in [1.807, 2.05) is 63.2 Å². The number of hydrogen-bond acceptors (Lipinski definition) is 14. The van der Waals surface area contributed by atoms with E-state index in [4.69, 9.17) is 33.2 Å². The Morgan fingerprint density at radius 3 is 2.40 bits per heavy atom. The summed E-state index contributed by atoms with van der Waals surface area (Å²) < 4.78 is 60.4. The van der Waals surface area contributed by atoms with Gasteiger partial charge in [0.2, 0.25) is 0 Å². The molecule has 340 valence electrons. The van der Waals surface area contributed by atoms with E-state index in [-0.39, 0.29) is 19.6 Å². The van der Waals surface area contributed by atoms with E-state index in [1.54, 1.807) is 27.7 Å². The number of carbonyl (C=O) groups excluding carboxylic acids is 3. The zero-order valence-electron chi connectivity index (χ0n) is 37.3. The Morgan fingerprint density at radius 2 is 1.79 bits per heavy atom. The van der Waals surface area contributed by atoms with Gasteiger partial charge < -0.3 is 53.6 Å². The van der Waals surface area contributed by atoms with Crippen LogP contribution in [-0.2, 0) is 49.4 Å². The monoisotopic (exact) mass is 867 g/mol. The van der Waals surface area contributed by atoms with Gasteiger partial charge in [0.05, 0.1) is 25.4 Å². The largest absolute Gasteiger partial charge is 0.456 e. The average Bonchev–Trinajstić information content (AvgIpc) is 3.58. The standard InChI is InChI=1S/C46H62FN3O12/c1-25-29(58-40(53)35(52)34(33-28(47)17-14-20-48-33)49-41(54)62-42(3,4)5)21-46(55)39(56-23-27-15-12-11-13-16-27)37-44(8,19-18-30-45(37,24-57-30)61-26(2)51)38-36(32(25)43(46,6)7)59-31(60-38)22-50(9)10/h11-17,20,29-31,34-39,52,55H,18-19,21-24H2,1-10H3,(H,49,54)/t29-,30+,31?,34-,35+,36+,37-,38+,39?,44+,45-,46+/m0/s1. The van der Waals surface area contributed by atoms with Gasteiger partial charge in [0.15, 0.2) is 18.0 Å². The molecule has 2 saturated carbocycles. The van der Waals surface area contributed by atoms with Crippen molar-refractivity contribution in [2.24, 2.45) is 16.7 Å². The molecule has 2 aliphatic heterocycles. The summed E-state index contributed by atoms with van der Waals surface area (Å²) in [6.07, 6.45) is -6.07. The molecular formula is C46H62FN3O12. The second-order valence-corrected chi connectivity index (χ2v) is 19.6. The Balaban J connectivity index is 1.36. The van der Waals surface area contributed by atoms with Crippen LogP contribution in [0.3, 0.4) is 0 Å². The second-order valence-electron chi connectivity index (χ2n) is 19.6. The maximum atomic E-state index is 15.3. The minimum absolute atomic E-state index is 0.0566. The molecule has 15 nitrogen and oxygen atoms in total. The van der Waals surface area contributed by atoms with Gasteiger partial charge in [0.25, 0.3) is 0 Å². The maximum absolute atomic E-state index is 15.3. The molecule has 4 fully saturated rings. The van der Waals surface area contributed by atoms with Crippen LogP contribution in [-0.4, -0.2) is 125 Å². The predicted octanol–water partition coefficient (Wildman–Crippen LogP) is 4.92. The number of nitrogens with zero attached hydrogens (tertiary/aromatic N) is 2. The number of rotatable bonds is 11. The summed E-state index contributed by atoms with van der Waals surface area (Å²) in [7, 11) is 3.82. The Bertz CT molecular complexity index is 2040. The van der Waals surface area contributed by atoms with Crippen molar-refractivity contribution >= 4 is 18.0 Å². The summed E-state index contributed by atoms with van der Waals surface area (Å²) in [5, 5.41) is 28.0. The molecule has 3 aliphatic carbocycles. The van der Waals surface area contributed by atoms with E-state index < -0.39 is 112 Å². The Morgan fingerprint density at radius 1 is 1.08 bits per heavy atom. The minimum atomic E-state index is -2.19. The van der Waals surface area contributed by atoms with Crippen LogP contribution in [0.2, 0.25) is 0 Å². The lowest BCUT2D eigenvalue weighted by atomic mass is 9.45. The number of amides is 1. The Labute approximate surface area is 362 Å². The summed E-state index contributed by atoms with van der Waals surface area (Å²) in [5.41, 5.74) is -4.50. The molecule has 3 N–H and O–H groups in total. The smallest absolute Gasteiger partial charge is 0.408 e. The highest BCUT2D eigenvalue weighted by atomic mass is 19.1. The van der Waals surface area contributed by atoms with Crippen LogP contribution in [0.15, 0.2) is 59.8 Å². The molecule has 0 spiro atoms. The zero-order chi connectivity index (χ0) is 45.2. The van der Waals surface area contributed by atoms with Crippen LogP contribution in [0.25, 0.3) is 0 Å². The first-order valence-corrected chi connectivity index (χ1v) is 21.4. The summed E-state index contributed by atoms with van der Waals surface area (Å²) in [6.45, 7) is 14.5. The van der Waals surface area contributed by atoms with Gasteiger partial charge in [0.1, 0.15) is 47.1 Å². The zero-order valence-corrected chi connectivity index (χ0v) is 37.3. The Kier molecular flexibility index (Phi) is 12.5. The summed E-state index contributed by atoms with van der Waals surface area (Å²) in [4.78, 5) is 46.5. The highest BCUT2D eigenvalue weighted by Gasteiger charge is 2.76. The number of aliphatic hydroxyl groups is 2. The van der Waals surface area contributed by atoms with E-state index in [0.29, 0.717) is 30.5 Å². The SMILES string of the molecule is CC(=O)O[C@@]12CO[C@@H]1CC[C@@]1(C)[C@@H]3OC(CN(C)C)O[C@@H]3C3=C(C)[C@@H](OC(=O)[C@H](O)[C@@H](NC(=O)OC(C)(C)C)c4ncccc4F)C[C@@](O)(C(OCc4ccccc4)[C@@H]12)C3(C)C. The molecule has 2 aromatic rings. The summed E-state index contributed by atoms with van der Waals surface area (Å²) in [5.74, 6) is -3.37. The minimum Gasteiger partial charge on any atom is -0.456 e. The van der Waals surface area contributed by atoms with Crippen molar-refractivity contribution in [1.82, 2.24) is 15.2 Å². The number of likely N-dealkylation sites (N-methyl/N-ethyl adjacent to an activating group) is 1. The number of benzene rings is 1. The van der Waals surface area contributed by atoms with Crippen LogP contribution in [0.5, 0.6) is 0 Å². The first-order valence-electron chi connectivity index (χ1n) is 21.4. The number of esters is 2. The van der Waals surface area contributed by atoms with Gasteiger partial charge in [0, 0.05) is 42.8 Å². The van der Waals surface area contributed by atoms with Crippen molar-refractivity contribution in [3.63, 3.8) is 0 Å². The highest BCUT2D eigenvalue weighted by molar-refractivity contribution is 5.78. The molecule has 2 saturated heterocycles. The quantitative estimate of drug-likeness (QED) is 0.157. The number of fused-ring (bicyclic) bond motifs is 8. The highest BCUT2D eigenvalue weighted by Crippen LogP contribution is 2.66. The van der Waals surface area contributed by atoms with Gasteiger partial charge >= 0.3 is 18.0 Å². The molecular weight excluding hydrogens is 806 g/mol. The molecule has 7 rings (SSSR count). The summed E-state index contributed by atoms with van der Waals surface area (Å²) >= 11 is 0. The van der Waals surface area contributed by atoms with Crippen LogP contribution in [0, 0.1) is 22.6 Å². The van der Waals surface area contributed by atoms with Crippen molar-refractivity contribution in [2.75, 3.05) is 27.2 Å². The van der Waals surface area contributed by atoms with Gasteiger partial charge in [-0.1, -0.05) is 51.1 Å². The molecule has 5 aliphatic rings. The normalized spacial score (nSPS) is 34.6. The van der Waals surface area contributed by atoms with Gasteiger partial charge in [-0.05, 0) is 83.5 Å². The fourth-order valence-electron chi connectivity index (χ4n) is 10.8. The van der Waals surface area contributed by atoms with Crippen molar-refractivity contribution in [3.8, 4) is 0 Å². The van der Waals surface area contributed by atoms with Gasteiger partial charge in [-0.3, -0.25) is 9.78 Å². The molecule has 16 heteroatoms. The van der Waals surface area contributed by atoms with Gasteiger partial charge in [-0.25, -0.2) is 14.0 Å². The molecule has 3 heterocycles. The third kappa shape index (κ3) is 8.16. The number of nitrogens with one attached hydrogen (secondary N) is 1. The number of aromatic nitrogens is 1. The predicted molar refractivity (Wildman–Crippen MR) is 220 cm³/mol. The molecule has 62 heavy (non-hydrogen) atoms. The third-order valence-corrected chi connectivity index (χ3v) is 13.7. The topological polar surface area (TPSA) is 184 Å². The van der Waals surface area contributed by atoms with Crippen LogP contribution in [0.1, 0.15) is 92.0 Å². The van der Waals surface area contributed by atoms with E-state index in [0.717, 1.165) is 11.6 Å². The average molecular weight is 868 g/mol. The number of pyridine rings is 1. The molecule has 1 amide bonds. The van der Waals surface area contributed by atoms with Crippen molar-refractivity contribution in [1.29, 1.82) is 0 Å². The van der Waals surface area contributed by atoms with Crippen molar-refractivity contribution < 1.29 is 62.1 Å². The van der Waals surface area contributed by atoms with Crippen molar-refractivity contribution in [3.05, 3.63) is 76.9 Å². The lowest BCUT2D eigenvalue weighted by Crippen LogP contribution is -2.79. The van der Waals surface area contributed by atoms with Crippen LogP contribution < -0.4 is 5.32 Å². The van der Waals surface area contributed by atoms with E-state index in [1.165, 1.54) is 19.2 Å². The molecule has 2 bridgehead atoms. The van der Waals surface area contributed by atoms with E-state index >= 15 is 4.39 Å². The molecule has 1 aromatic carbocycles. The number of aliphatic hydroxyl groups excluding tert-OH is 1. The lowest BCUT2D eigenvalue weighted by Gasteiger charge is -2.68. The number of carbonyl (C=O) groups is 3. The van der Waals surface area contributed by atoms with Gasteiger partial charge in [-0.2, -0.15) is 0 Å². The van der Waals surface area contributed by atoms with E-state index in [2.05, 4.69) is 17.2 Å². The lowest BCUT2D eigenvalue weighted by molar-refractivity contribution is -0.352. The first-order chi connectivity index (χ1) is 29.0. The number of alkyl carbamates (subject to hydrolysis) is 1. The number of hydrogen-bond donors (Lipinski definition) is 3. The molecule has 2 unspecified atom stereocenters. The van der Waals surface area contributed by atoms with Crippen LogP contribution >= 0.6 is 0 Å². The molecule has 1 aromatic heterocycles.